The second-order valence-electron chi connectivity index (χ2n) is 5.52. The summed E-state index contributed by atoms with van der Waals surface area (Å²) in [5.74, 6) is 3.41. The van der Waals surface area contributed by atoms with Gasteiger partial charge in [-0.2, -0.15) is 0 Å². The summed E-state index contributed by atoms with van der Waals surface area (Å²) in [6.07, 6.45) is 4.88. The van der Waals surface area contributed by atoms with E-state index in [2.05, 4.69) is 6.92 Å². The molecule has 2 nitrogen and oxygen atoms in total. The topological polar surface area (TPSA) is 46.2 Å². The smallest absolute Gasteiger partial charge is 0.0691 e. The average Bonchev–Trinajstić information content (AvgIpc) is 2.69. The molecule has 0 aromatic carbocycles. The molecule has 14 heavy (non-hydrogen) atoms. The first-order valence-corrected chi connectivity index (χ1v) is 6.03. The fourth-order valence-corrected chi connectivity index (χ4v) is 3.60. The summed E-state index contributed by atoms with van der Waals surface area (Å²) >= 11 is 0. The third-order valence-electron chi connectivity index (χ3n) is 4.66. The monoisotopic (exact) mass is 197 g/mol. The highest BCUT2D eigenvalue weighted by Crippen LogP contribution is 2.53. The normalized spacial score (nSPS) is 45.4. The Morgan fingerprint density at radius 3 is 2.50 bits per heavy atom. The first-order valence-electron chi connectivity index (χ1n) is 6.03. The summed E-state index contributed by atoms with van der Waals surface area (Å²) in [5, 5.41) is 9.81. The van der Waals surface area contributed by atoms with Gasteiger partial charge in [0.15, 0.2) is 0 Å². The van der Waals surface area contributed by atoms with Crippen LogP contribution < -0.4 is 5.73 Å². The molecule has 0 aromatic rings. The number of aliphatic hydroxyl groups excluding tert-OH is 1. The molecular formula is C12H23NO. The molecular weight excluding hydrogens is 174 g/mol. The van der Waals surface area contributed by atoms with Crippen LogP contribution in [-0.4, -0.2) is 17.3 Å². The fourth-order valence-electron chi connectivity index (χ4n) is 3.60. The molecule has 0 aliphatic heterocycles. The number of rotatable bonds is 3. The lowest BCUT2D eigenvalue weighted by Crippen LogP contribution is -2.35. The molecule has 2 fully saturated rings. The van der Waals surface area contributed by atoms with Crippen molar-refractivity contribution in [3.8, 4) is 0 Å². The molecule has 2 unspecified atom stereocenters. The lowest BCUT2D eigenvalue weighted by Gasteiger charge is -2.30. The molecule has 0 amide bonds. The lowest BCUT2D eigenvalue weighted by molar-refractivity contribution is 0.0883. The van der Waals surface area contributed by atoms with Crippen molar-refractivity contribution in [2.75, 3.05) is 0 Å². The Morgan fingerprint density at radius 2 is 2.00 bits per heavy atom. The van der Waals surface area contributed by atoms with Crippen LogP contribution >= 0.6 is 0 Å². The molecule has 82 valence electrons. The molecule has 2 aliphatic carbocycles. The van der Waals surface area contributed by atoms with E-state index in [4.69, 9.17) is 5.73 Å². The van der Waals surface area contributed by atoms with E-state index < -0.39 is 0 Å². The van der Waals surface area contributed by atoms with Gasteiger partial charge in [-0.25, -0.2) is 0 Å². The van der Waals surface area contributed by atoms with Crippen molar-refractivity contribution in [2.24, 2.45) is 29.4 Å². The van der Waals surface area contributed by atoms with E-state index in [1.165, 1.54) is 19.3 Å². The fraction of sp³-hybridized carbons (Fsp3) is 1.00. The summed E-state index contributed by atoms with van der Waals surface area (Å²) in [6.45, 7) is 4.27. The maximum absolute atomic E-state index is 9.81. The molecule has 2 rings (SSSR count). The third kappa shape index (κ3) is 1.70. The number of fused-ring (bicyclic) bond motifs is 2. The van der Waals surface area contributed by atoms with Gasteiger partial charge >= 0.3 is 0 Å². The van der Waals surface area contributed by atoms with Crippen molar-refractivity contribution in [1.82, 2.24) is 0 Å². The van der Waals surface area contributed by atoms with Crippen molar-refractivity contribution < 1.29 is 5.11 Å². The van der Waals surface area contributed by atoms with Crippen LogP contribution in [0.15, 0.2) is 0 Å². The van der Waals surface area contributed by atoms with Crippen LogP contribution in [0.3, 0.4) is 0 Å². The van der Waals surface area contributed by atoms with Crippen LogP contribution in [0, 0.1) is 23.7 Å². The zero-order valence-corrected chi connectivity index (χ0v) is 9.32. The summed E-state index contributed by atoms with van der Waals surface area (Å²) < 4.78 is 0. The van der Waals surface area contributed by atoms with Gasteiger partial charge in [0.1, 0.15) is 0 Å². The van der Waals surface area contributed by atoms with Crippen molar-refractivity contribution >= 4 is 0 Å². The number of aliphatic hydroxyl groups is 1. The van der Waals surface area contributed by atoms with Gasteiger partial charge in [0, 0.05) is 6.04 Å². The molecule has 2 saturated carbocycles. The molecule has 0 heterocycles. The first kappa shape index (κ1) is 10.4. The molecule has 3 N–H and O–H groups in total. The van der Waals surface area contributed by atoms with E-state index in [1.54, 1.807) is 0 Å². The molecule has 0 saturated heterocycles. The van der Waals surface area contributed by atoms with Crippen LogP contribution in [0.1, 0.15) is 39.5 Å². The van der Waals surface area contributed by atoms with Crippen LogP contribution in [0.25, 0.3) is 0 Å². The predicted octanol–water partition coefficient (Wildman–Crippen LogP) is 1.77. The maximum Gasteiger partial charge on any atom is 0.0691 e. The Labute approximate surface area is 86.9 Å². The number of nitrogens with two attached hydrogens (primary N) is 1. The Hall–Kier alpha value is -0.0800. The number of hydrogen-bond acceptors (Lipinski definition) is 2. The highest BCUT2D eigenvalue weighted by atomic mass is 16.3. The average molecular weight is 197 g/mol. The second kappa shape index (κ2) is 3.82. The maximum atomic E-state index is 9.81. The zero-order valence-electron chi connectivity index (χ0n) is 9.32. The van der Waals surface area contributed by atoms with E-state index in [0.717, 1.165) is 30.1 Å². The molecule has 2 bridgehead atoms. The Balaban J connectivity index is 1.92. The largest absolute Gasteiger partial charge is 0.392 e. The third-order valence-corrected chi connectivity index (χ3v) is 4.66. The predicted molar refractivity (Wildman–Crippen MR) is 57.8 cm³/mol. The molecule has 0 aromatic heterocycles. The van der Waals surface area contributed by atoms with Crippen molar-refractivity contribution in [3.05, 3.63) is 0 Å². The quantitative estimate of drug-likeness (QED) is 0.724. The van der Waals surface area contributed by atoms with Gasteiger partial charge < -0.3 is 10.8 Å². The highest BCUT2D eigenvalue weighted by molar-refractivity contribution is 4.95. The standard InChI is InChI=1S/C12H23NO/c1-7-9-3-4-10(5-9)11(7)6-12(14)8(2)13/h7-12,14H,3-6,13H2,1-2H3/t7-,8-,9?,10?,11+,12-/m0/s1. The van der Waals surface area contributed by atoms with E-state index in [9.17, 15) is 5.11 Å². The number of hydrogen-bond donors (Lipinski definition) is 2. The molecule has 0 radical (unpaired) electrons. The van der Waals surface area contributed by atoms with Gasteiger partial charge in [0.2, 0.25) is 0 Å². The van der Waals surface area contributed by atoms with Gasteiger partial charge in [0.05, 0.1) is 6.10 Å². The van der Waals surface area contributed by atoms with Gasteiger partial charge in [-0.1, -0.05) is 6.92 Å². The summed E-state index contributed by atoms with van der Waals surface area (Å²) in [6, 6.07) is -0.0682. The van der Waals surface area contributed by atoms with Crippen LogP contribution in [0.2, 0.25) is 0 Å². The van der Waals surface area contributed by atoms with Crippen molar-refractivity contribution in [2.45, 2.75) is 51.7 Å². The van der Waals surface area contributed by atoms with E-state index in [1.807, 2.05) is 6.92 Å². The minimum atomic E-state index is -0.290. The van der Waals surface area contributed by atoms with E-state index in [0.29, 0.717) is 0 Å². The lowest BCUT2D eigenvalue weighted by atomic mass is 9.77. The first-order chi connectivity index (χ1) is 6.59. The Kier molecular flexibility index (Phi) is 2.85. The Bertz CT molecular complexity index is 202. The highest BCUT2D eigenvalue weighted by Gasteiger charge is 2.45. The van der Waals surface area contributed by atoms with Crippen LogP contribution in [0.5, 0.6) is 0 Å². The zero-order chi connectivity index (χ0) is 10.3. The molecule has 2 aliphatic rings. The summed E-state index contributed by atoms with van der Waals surface area (Å²) in [4.78, 5) is 0. The Morgan fingerprint density at radius 1 is 1.36 bits per heavy atom. The second-order valence-corrected chi connectivity index (χ2v) is 5.52. The minimum Gasteiger partial charge on any atom is -0.392 e. The van der Waals surface area contributed by atoms with E-state index >= 15 is 0 Å². The SMILES string of the molecule is C[C@H](N)[C@@H](O)C[C@H]1C2CCC(C2)[C@@H]1C. The molecule has 6 atom stereocenters. The molecule has 2 heteroatoms. The van der Waals surface area contributed by atoms with Gasteiger partial charge in [-0.3, -0.25) is 0 Å². The van der Waals surface area contributed by atoms with Crippen molar-refractivity contribution in [3.63, 3.8) is 0 Å². The van der Waals surface area contributed by atoms with Gasteiger partial charge in [-0.05, 0) is 56.3 Å². The van der Waals surface area contributed by atoms with Gasteiger partial charge in [-0.15, -0.1) is 0 Å². The summed E-state index contributed by atoms with van der Waals surface area (Å²) in [5.41, 5.74) is 5.71. The van der Waals surface area contributed by atoms with E-state index in [-0.39, 0.29) is 12.1 Å². The minimum absolute atomic E-state index is 0.0682. The van der Waals surface area contributed by atoms with Crippen LogP contribution in [-0.2, 0) is 0 Å². The van der Waals surface area contributed by atoms with Crippen LogP contribution in [0.4, 0.5) is 0 Å². The summed E-state index contributed by atoms with van der Waals surface area (Å²) in [7, 11) is 0. The van der Waals surface area contributed by atoms with Gasteiger partial charge in [0.25, 0.3) is 0 Å². The molecule has 0 spiro atoms. The van der Waals surface area contributed by atoms with Crippen molar-refractivity contribution in [1.29, 1.82) is 0 Å².